The first-order valence-electron chi connectivity index (χ1n) is 7.84. The van der Waals surface area contributed by atoms with Gasteiger partial charge in [0.05, 0.1) is 26.9 Å². The fourth-order valence-corrected chi connectivity index (χ4v) is 2.32. The van der Waals surface area contributed by atoms with Crippen LogP contribution in [0.15, 0.2) is 42.5 Å². The highest BCUT2D eigenvalue weighted by atomic mass is 16.5. The Balaban J connectivity index is 2.10. The molecule has 0 spiro atoms. The lowest BCUT2D eigenvalue weighted by atomic mass is 10.1. The molecule has 1 N–H and O–H groups in total. The van der Waals surface area contributed by atoms with Crippen LogP contribution in [0.3, 0.4) is 0 Å². The largest absolute Gasteiger partial charge is 0.497 e. The second-order valence-electron chi connectivity index (χ2n) is 5.30. The Hall–Kier alpha value is -2.69. The number of hydrogen-bond acceptors (Lipinski definition) is 4. The quantitative estimate of drug-likeness (QED) is 0.843. The standard InChI is InChI=1S/C19H23NO4/c1-5-24-16-8-6-14(7-9-16)13(2)20-19(21)15-10-17(22-3)12-18(11-15)23-4/h6-13H,5H2,1-4H3,(H,20,21). The third-order valence-electron chi connectivity index (χ3n) is 3.65. The number of benzene rings is 2. The zero-order chi connectivity index (χ0) is 17.5. The van der Waals surface area contributed by atoms with Gasteiger partial charge in [-0.3, -0.25) is 4.79 Å². The van der Waals surface area contributed by atoms with E-state index >= 15 is 0 Å². The van der Waals surface area contributed by atoms with E-state index in [9.17, 15) is 4.79 Å². The van der Waals surface area contributed by atoms with E-state index in [1.54, 1.807) is 32.4 Å². The monoisotopic (exact) mass is 329 g/mol. The Morgan fingerprint density at radius 1 is 1.00 bits per heavy atom. The van der Waals surface area contributed by atoms with Crippen molar-refractivity contribution in [3.63, 3.8) is 0 Å². The minimum absolute atomic E-state index is 0.134. The van der Waals surface area contributed by atoms with Crippen molar-refractivity contribution in [3.8, 4) is 17.2 Å². The number of ether oxygens (including phenoxy) is 3. The fourth-order valence-electron chi connectivity index (χ4n) is 2.32. The molecule has 0 saturated carbocycles. The summed E-state index contributed by atoms with van der Waals surface area (Å²) in [6.07, 6.45) is 0. The van der Waals surface area contributed by atoms with Crippen molar-refractivity contribution in [1.82, 2.24) is 5.32 Å². The number of rotatable bonds is 7. The number of nitrogens with one attached hydrogen (secondary N) is 1. The Labute approximate surface area is 142 Å². The summed E-state index contributed by atoms with van der Waals surface area (Å²) in [6, 6.07) is 12.7. The predicted octanol–water partition coefficient (Wildman–Crippen LogP) is 3.59. The number of methoxy groups -OCH3 is 2. The molecule has 0 aliphatic rings. The maximum atomic E-state index is 12.5. The normalized spacial score (nSPS) is 11.5. The summed E-state index contributed by atoms with van der Waals surface area (Å²) in [6.45, 7) is 4.51. The number of amides is 1. The van der Waals surface area contributed by atoms with Crippen LogP contribution in [0.5, 0.6) is 17.2 Å². The molecular weight excluding hydrogens is 306 g/mol. The molecule has 0 radical (unpaired) electrons. The van der Waals surface area contributed by atoms with Crippen molar-refractivity contribution in [2.24, 2.45) is 0 Å². The van der Waals surface area contributed by atoms with E-state index in [2.05, 4.69) is 5.32 Å². The maximum Gasteiger partial charge on any atom is 0.252 e. The van der Waals surface area contributed by atoms with Crippen LogP contribution in [-0.2, 0) is 0 Å². The lowest BCUT2D eigenvalue weighted by Gasteiger charge is -2.16. The summed E-state index contributed by atoms with van der Waals surface area (Å²) in [7, 11) is 3.11. The van der Waals surface area contributed by atoms with Crippen molar-refractivity contribution in [1.29, 1.82) is 0 Å². The molecule has 0 saturated heterocycles. The van der Waals surface area contributed by atoms with Crippen LogP contribution in [-0.4, -0.2) is 26.7 Å². The van der Waals surface area contributed by atoms with Gasteiger partial charge >= 0.3 is 0 Å². The van der Waals surface area contributed by atoms with Crippen LogP contribution in [0.25, 0.3) is 0 Å². The van der Waals surface area contributed by atoms with Crippen LogP contribution >= 0.6 is 0 Å². The molecule has 2 rings (SSSR count). The van der Waals surface area contributed by atoms with Crippen molar-refractivity contribution >= 4 is 5.91 Å². The van der Waals surface area contributed by atoms with Gasteiger partial charge in [-0.25, -0.2) is 0 Å². The highest BCUT2D eigenvalue weighted by Crippen LogP contribution is 2.23. The minimum Gasteiger partial charge on any atom is -0.497 e. The zero-order valence-electron chi connectivity index (χ0n) is 14.5. The van der Waals surface area contributed by atoms with Crippen LogP contribution in [0.4, 0.5) is 0 Å². The molecule has 0 heterocycles. The van der Waals surface area contributed by atoms with Crippen molar-refractivity contribution < 1.29 is 19.0 Å². The van der Waals surface area contributed by atoms with E-state index in [4.69, 9.17) is 14.2 Å². The Kier molecular flexibility index (Phi) is 6.07. The van der Waals surface area contributed by atoms with E-state index in [0.717, 1.165) is 11.3 Å². The smallest absolute Gasteiger partial charge is 0.252 e. The average molecular weight is 329 g/mol. The molecule has 1 amide bonds. The van der Waals surface area contributed by atoms with Gasteiger partial charge in [-0.1, -0.05) is 12.1 Å². The molecule has 5 nitrogen and oxygen atoms in total. The first-order valence-corrected chi connectivity index (χ1v) is 7.84. The van der Waals surface area contributed by atoms with Crippen LogP contribution in [0.2, 0.25) is 0 Å². The predicted molar refractivity (Wildman–Crippen MR) is 93.0 cm³/mol. The molecule has 2 aromatic rings. The van der Waals surface area contributed by atoms with Crippen LogP contribution in [0, 0.1) is 0 Å². The maximum absolute atomic E-state index is 12.5. The number of carbonyl (C=O) groups is 1. The summed E-state index contributed by atoms with van der Waals surface area (Å²) < 4.78 is 15.8. The molecular formula is C19H23NO4. The fraction of sp³-hybridized carbons (Fsp3) is 0.316. The van der Waals surface area contributed by atoms with E-state index in [-0.39, 0.29) is 11.9 Å². The molecule has 5 heteroatoms. The highest BCUT2D eigenvalue weighted by molar-refractivity contribution is 5.95. The van der Waals surface area contributed by atoms with Gasteiger partial charge in [0.2, 0.25) is 0 Å². The molecule has 0 aromatic heterocycles. The van der Waals surface area contributed by atoms with Crippen molar-refractivity contribution in [2.45, 2.75) is 19.9 Å². The van der Waals surface area contributed by atoms with E-state index in [1.165, 1.54) is 0 Å². The third-order valence-corrected chi connectivity index (χ3v) is 3.65. The topological polar surface area (TPSA) is 56.8 Å². The summed E-state index contributed by atoms with van der Waals surface area (Å²) in [5.41, 5.74) is 1.49. The van der Waals surface area contributed by atoms with Gasteiger partial charge in [0.1, 0.15) is 17.2 Å². The molecule has 1 unspecified atom stereocenters. The first-order chi connectivity index (χ1) is 11.6. The molecule has 128 valence electrons. The Morgan fingerprint density at radius 2 is 1.58 bits per heavy atom. The van der Waals surface area contributed by atoms with Crippen LogP contribution < -0.4 is 19.5 Å². The van der Waals surface area contributed by atoms with Gasteiger partial charge in [0, 0.05) is 11.6 Å². The highest BCUT2D eigenvalue weighted by Gasteiger charge is 2.14. The summed E-state index contributed by atoms with van der Waals surface area (Å²) in [5, 5.41) is 2.98. The number of carbonyl (C=O) groups excluding carboxylic acids is 1. The molecule has 24 heavy (non-hydrogen) atoms. The van der Waals surface area contributed by atoms with E-state index in [0.29, 0.717) is 23.7 Å². The van der Waals surface area contributed by atoms with E-state index in [1.807, 2.05) is 38.1 Å². The number of hydrogen-bond donors (Lipinski definition) is 1. The third kappa shape index (κ3) is 4.41. The lowest BCUT2D eigenvalue weighted by molar-refractivity contribution is 0.0939. The second-order valence-corrected chi connectivity index (χ2v) is 5.30. The summed E-state index contributed by atoms with van der Waals surface area (Å²) >= 11 is 0. The van der Waals surface area contributed by atoms with Crippen molar-refractivity contribution in [3.05, 3.63) is 53.6 Å². The van der Waals surface area contributed by atoms with Gasteiger partial charge in [-0.05, 0) is 43.7 Å². The average Bonchev–Trinajstić information content (AvgIpc) is 2.61. The minimum atomic E-state index is -0.186. The second kappa shape index (κ2) is 8.24. The van der Waals surface area contributed by atoms with Gasteiger partial charge in [-0.15, -0.1) is 0 Å². The molecule has 0 aliphatic carbocycles. The Bertz CT molecular complexity index is 660. The zero-order valence-corrected chi connectivity index (χ0v) is 14.5. The van der Waals surface area contributed by atoms with Gasteiger partial charge in [-0.2, -0.15) is 0 Å². The molecule has 0 bridgehead atoms. The van der Waals surface area contributed by atoms with Gasteiger partial charge < -0.3 is 19.5 Å². The molecule has 2 aromatic carbocycles. The molecule has 0 fully saturated rings. The molecule has 1 atom stereocenters. The van der Waals surface area contributed by atoms with Gasteiger partial charge in [0.15, 0.2) is 0 Å². The van der Waals surface area contributed by atoms with Gasteiger partial charge in [0.25, 0.3) is 5.91 Å². The lowest BCUT2D eigenvalue weighted by Crippen LogP contribution is -2.26. The van der Waals surface area contributed by atoms with Crippen LogP contribution in [0.1, 0.15) is 35.8 Å². The molecule has 0 aliphatic heterocycles. The van der Waals surface area contributed by atoms with E-state index < -0.39 is 0 Å². The van der Waals surface area contributed by atoms with Crippen molar-refractivity contribution in [2.75, 3.05) is 20.8 Å². The SMILES string of the molecule is CCOc1ccc(C(C)NC(=O)c2cc(OC)cc(OC)c2)cc1. The Morgan fingerprint density at radius 3 is 2.08 bits per heavy atom. The summed E-state index contributed by atoms with van der Waals surface area (Å²) in [4.78, 5) is 12.5. The summed E-state index contributed by atoms with van der Waals surface area (Å²) in [5.74, 6) is 1.78. The first kappa shape index (κ1) is 17.7.